The molecule has 0 bridgehead atoms. The first-order valence-electron chi connectivity index (χ1n) is 4.22. The van der Waals surface area contributed by atoms with Crippen LogP contribution in [0.2, 0.25) is 0 Å². The fraction of sp³-hybridized carbons (Fsp3) is 0.714. The molecule has 0 saturated carbocycles. The van der Waals surface area contributed by atoms with Gasteiger partial charge in [-0.15, -0.1) is 0 Å². The van der Waals surface area contributed by atoms with Crippen molar-refractivity contribution in [3.8, 4) is 0 Å². The highest BCUT2D eigenvalue weighted by Gasteiger charge is 1.94. The average Bonchev–Trinajstić information content (AvgIpc) is 2.49. The second kappa shape index (κ2) is 6.50. The molecule has 0 atom stereocenters. The number of nitrogens with zero attached hydrogens (tertiary/aromatic N) is 2. The minimum atomic E-state index is -3.92. The molecule has 0 aromatic carbocycles. The Kier molecular flexibility index (Phi) is 6.06. The largest absolute Gasteiger partial charge is 0.748 e. The third-order valence-electron chi connectivity index (χ3n) is 1.26. The SMILES string of the molecule is CCCC[n+]1cnc[nH]1.CS(=O)(=O)[O-]. The smallest absolute Gasteiger partial charge is 0.306 e. The van der Waals surface area contributed by atoms with Gasteiger partial charge in [-0.05, 0) is 11.4 Å². The van der Waals surface area contributed by atoms with Crippen LogP contribution in [0, 0.1) is 0 Å². The fourth-order valence-corrected chi connectivity index (χ4v) is 0.705. The molecule has 0 aliphatic carbocycles. The summed E-state index contributed by atoms with van der Waals surface area (Å²) in [5.74, 6) is 0. The topological polar surface area (TPSA) is 89.8 Å². The number of hydrogen-bond donors (Lipinski definition) is 1. The number of rotatable bonds is 3. The van der Waals surface area contributed by atoms with Gasteiger partial charge >= 0.3 is 6.33 Å². The Balaban J connectivity index is 0.000000292. The molecule has 1 N–H and O–H groups in total. The zero-order valence-electron chi connectivity index (χ0n) is 8.30. The summed E-state index contributed by atoms with van der Waals surface area (Å²) in [4.78, 5) is 3.88. The van der Waals surface area contributed by atoms with E-state index in [2.05, 4.69) is 17.0 Å². The van der Waals surface area contributed by atoms with Gasteiger partial charge in [0.05, 0.1) is 10.1 Å². The summed E-state index contributed by atoms with van der Waals surface area (Å²) in [6.45, 7) is 3.23. The molecule has 1 rings (SSSR count). The van der Waals surface area contributed by atoms with Crippen molar-refractivity contribution in [2.75, 3.05) is 6.26 Å². The predicted molar refractivity (Wildman–Crippen MR) is 49.3 cm³/mol. The average molecular weight is 221 g/mol. The monoisotopic (exact) mass is 221 g/mol. The van der Waals surface area contributed by atoms with Crippen molar-refractivity contribution in [2.24, 2.45) is 0 Å². The van der Waals surface area contributed by atoms with E-state index in [9.17, 15) is 0 Å². The summed E-state index contributed by atoms with van der Waals surface area (Å²) < 4.78 is 29.2. The second-order valence-electron chi connectivity index (χ2n) is 2.77. The molecular weight excluding hydrogens is 206 g/mol. The molecule has 7 heteroatoms. The number of H-pyrrole nitrogens is 1. The summed E-state index contributed by atoms with van der Waals surface area (Å²) >= 11 is 0. The van der Waals surface area contributed by atoms with Crippen LogP contribution >= 0.6 is 0 Å². The zero-order valence-corrected chi connectivity index (χ0v) is 9.12. The Bertz CT molecular complexity index is 312. The molecule has 0 radical (unpaired) electrons. The van der Waals surface area contributed by atoms with E-state index in [1.54, 1.807) is 12.7 Å². The number of aromatic amines is 1. The van der Waals surface area contributed by atoms with Gasteiger partial charge in [0.2, 0.25) is 6.33 Å². The number of aryl methyl sites for hydroxylation is 1. The fourth-order valence-electron chi connectivity index (χ4n) is 0.705. The van der Waals surface area contributed by atoms with Crippen LogP contribution in [0.5, 0.6) is 0 Å². The standard InChI is InChI=1S/C6H11N3.CH4O3S/c1-2-3-4-9-6-7-5-8-9;1-5(2,3)4/h5-6H,2-4H2,1H3;1H3,(H,2,3,4). The Labute approximate surface area is 83.7 Å². The van der Waals surface area contributed by atoms with E-state index in [1.807, 2.05) is 4.68 Å². The van der Waals surface area contributed by atoms with Gasteiger partial charge in [-0.3, -0.25) is 0 Å². The van der Waals surface area contributed by atoms with E-state index in [1.165, 1.54) is 12.8 Å². The number of hydrogen-bond acceptors (Lipinski definition) is 4. The molecule has 0 unspecified atom stereocenters. The van der Waals surface area contributed by atoms with Gasteiger partial charge in [0, 0.05) is 6.26 Å². The molecule has 1 heterocycles. The molecule has 0 spiro atoms. The molecule has 82 valence electrons. The van der Waals surface area contributed by atoms with Crippen molar-refractivity contribution in [1.29, 1.82) is 0 Å². The maximum Gasteiger partial charge on any atom is 0.306 e. The first-order chi connectivity index (χ1) is 6.43. The second-order valence-corrected chi connectivity index (χ2v) is 4.18. The Morgan fingerprint density at radius 2 is 2.14 bits per heavy atom. The third-order valence-corrected chi connectivity index (χ3v) is 1.26. The molecule has 6 nitrogen and oxygen atoms in total. The molecule has 0 amide bonds. The van der Waals surface area contributed by atoms with Gasteiger partial charge < -0.3 is 4.55 Å². The van der Waals surface area contributed by atoms with Crippen molar-refractivity contribution < 1.29 is 17.7 Å². The van der Waals surface area contributed by atoms with Crippen LogP contribution in [0.25, 0.3) is 0 Å². The minimum Gasteiger partial charge on any atom is -0.748 e. The highest BCUT2D eigenvalue weighted by Crippen LogP contribution is 1.82. The summed E-state index contributed by atoms with van der Waals surface area (Å²) in [6, 6.07) is 0. The highest BCUT2D eigenvalue weighted by molar-refractivity contribution is 7.84. The van der Waals surface area contributed by atoms with Crippen molar-refractivity contribution in [2.45, 2.75) is 26.3 Å². The predicted octanol–water partition coefficient (Wildman–Crippen LogP) is -0.341. The molecule has 0 saturated heterocycles. The minimum absolute atomic E-state index is 0.604. The summed E-state index contributed by atoms with van der Waals surface area (Å²) in [7, 11) is -3.92. The lowest BCUT2D eigenvalue weighted by Crippen LogP contribution is -2.34. The Morgan fingerprint density at radius 3 is 2.50 bits per heavy atom. The normalized spacial score (nSPS) is 10.5. The van der Waals surface area contributed by atoms with E-state index in [0.29, 0.717) is 6.26 Å². The lowest BCUT2D eigenvalue weighted by atomic mass is 10.3. The van der Waals surface area contributed by atoms with Crippen molar-refractivity contribution in [3.05, 3.63) is 12.7 Å². The van der Waals surface area contributed by atoms with Crippen molar-refractivity contribution in [3.63, 3.8) is 0 Å². The summed E-state index contributed by atoms with van der Waals surface area (Å²) in [5.41, 5.74) is 0. The number of aromatic nitrogens is 3. The van der Waals surface area contributed by atoms with Gasteiger partial charge in [-0.25, -0.2) is 8.42 Å². The Hall–Kier alpha value is -0.950. The third kappa shape index (κ3) is 11.1. The van der Waals surface area contributed by atoms with Crippen LogP contribution in [0.1, 0.15) is 19.8 Å². The summed E-state index contributed by atoms with van der Waals surface area (Å²) in [5, 5.41) is 2.98. The van der Waals surface area contributed by atoms with Crippen LogP contribution in [-0.2, 0) is 16.7 Å². The molecular formula is C7H15N3O3S. The summed E-state index contributed by atoms with van der Waals surface area (Å²) in [6.07, 6.45) is 6.54. The van der Waals surface area contributed by atoms with E-state index in [-0.39, 0.29) is 0 Å². The first kappa shape index (κ1) is 13.1. The van der Waals surface area contributed by atoms with Gasteiger partial charge in [0.1, 0.15) is 6.54 Å². The molecule has 1 aromatic rings. The van der Waals surface area contributed by atoms with Crippen LogP contribution < -0.4 is 4.68 Å². The highest BCUT2D eigenvalue weighted by atomic mass is 32.2. The van der Waals surface area contributed by atoms with Gasteiger partial charge in [-0.2, -0.15) is 9.78 Å². The molecule has 0 aliphatic rings. The Morgan fingerprint density at radius 1 is 1.57 bits per heavy atom. The van der Waals surface area contributed by atoms with Crippen LogP contribution in [0.15, 0.2) is 12.7 Å². The number of nitrogens with one attached hydrogen (secondary N) is 1. The van der Waals surface area contributed by atoms with E-state index >= 15 is 0 Å². The molecule has 1 aromatic heterocycles. The quantitative estimate of drug-likeness (QED) is 0.558. The van der Waals surface area contributed by atoms with Crippen LogP contribution in [-0.4, -0.2) is 29.3 Å². The zero-order chi connectivity index (χ0) is 11.0. The van der Waals surface area contributed by atoms with E-state index in [0.717, 1.165) is 6.54 Å². The van der Waals surface area contributed by atoms with Gasteiger partial charge in [0.15, 0.2) is 0 Å². The van der Waals surface area contributed by atoms with Gasteiger partial charge in [0.25, 0.3) is 0 Å². The lowest BCUT2D eigenvalue weighted by Gasteiger charge is -1.90. The molecule has 14 heavy (non-hydrogen) atoms. The maximum atomic E-state index is 9.08. The molecule has 0 fully saturated rings. The molecule has 0 aliphatic heterocycles. The van der Waals surface area contributed by atoms with Crippen LogP contribution in [0.4, 0.5) is 0 Å². The lowest BCUT2D eigenvalue weighted by molar-refractivity contribution is -0.751. The van der Waals surface area contributed by atoms with Crippen LogP contribution in [0.3, 0.4) is 0 Å². The van der Waals surface area contributed by atoms with Crippen molar-refractivity contribution >= 4 is 10.1 Å². The number of unbranched alkanes of at least 4 members (excludes halogenated alkanes) is 1. The maximum absolute atomic E-state index is 9.08. The van der Waals surface area contributed by atoms with Gasteiger partial charge in [-0.1, -0.05) is 13.3 Å². The first-order valence-corrected chi connectivity index (χ1v) is 6.03. The van der Waals surface area contributed by atoms with E-state index < -0.39 is 10.1 Å². The van der Waals surface area contributed by atoms with Crippen molar-refractivity contribution in [1.82, 2.24) is 10.1 Å². The van der Waals surface area contributed by atoms with E-state index in [4.69, 9.17) is 13.0 Å².